The number of hydrogen-bond acceptors (Lipinski definition) is 17. The number of anilines is 7. The number of methoxy groups -OCH3 is 1. The maximum absolute atomic E-state index is 12.4. The summed E-state index contributed by atoms with van der Waals surface area (Å²) in [5.41, 5.74) is 20.7. The third-order valence-electron chi connectivity index (χ3n) is 24.4. The molecule has 5 aliphatic heterocycles. The van der Waals surface area contributed by atoms with Crippen LogP contribution in [0.4, 0.5) is 63.8 Å². The van der Waals surface area contributed by atoms with Crippen LogP contribution in [0.15, 0.2) is 291 Å². The molecule has 0 saturated heterocycles. The lowest BCUT2D eigenvalue weighted by Gasteiger charge is -2.31. The number of aliphatic hydroxyl groups is 1. The van der Waals surface area contributed by atoms with E-state index in [9.17, 15) is 24.0 Å². The average molecular weight is 1830 g/mol. The predicted molar refractivity (Wildman–Crippen MR) is 547 cm³/mol. The van der Waals surface area contributed by atoms with Crippen LogP contribution in [0, 0.1) is 0 Å². The molecule has 136 heavy (non-hydrogen) atoms. The number of carbonyl (C=O) groups excluding carboxylic acids is 5. The fraction of sp³-hybridized carbons (Fsp3) is 0.325. The standard InChI is InChI=1S/2C24H24N2O3.C24H32N2O2.C23H30N2O2.C19H22N2O2/c1-28-23-12-6-5-11-21(23)25-24(27)29-20-14-13-19-10-7-15-26(22(19)16-20)17-18-8-3-2-4-9-18;27-17-19-8-11-21(12-9-19)25-24(28)29-22-13-10-20-7-4-14-26(23(20)15-22)16-18-5-2-1-3-6-18;1-2-3-4-5-9-16-25-24(27)28-22-15-14-21-13-10-17-26(23(21)18-22)19-20-11-7-6-8-12-20;1-2-3-4-8-15-24-23(26)27-21-14-13-20-12-9-16-25(22(20)17-21)18-19-10-6-5-7-11-19;1-20(2)19(22)23-17-11-10-16-9-6-12-21(18(16)13-17)14-15-7-4-3-5-8-15/h2-6,8-9,11-14,16H,7,10,15,17H2,1H3,(H,25,27);1-3,5-6,8-13,15,27H,4,7,14,16-17H2,(H,25,28);6-8,11-12,14-15,18H,2-5,9-10,13,16-17,19H2,1H3,(H,25,27);5-7,10-11,13-14,17H,2-4,8-9,12,15-16,18H2,1H3,(H,24,26);3-5,7-8,10-11,13H,6,9,12,14H2,1-2H3. The minimum atomic E-state index is -0.542. The molecule has 22 heteroatoms. The molecule has 12 aromatic carbocycles. The third kappa shape index (κ3) is 31.2. The molecule has 0 radical (unpaired) electrons. The monoisotopic (exact) mass is 1830 g/mol. The highest BCUT2D eigenvalue weighted by Gasteiger charge is 2.26. The van der Waals surface area contributed by atoms with E-state index >= 15 is 0 Å². The second-order valence-corrected chi connectivity index (χ2v) is 35.0. The zero-order chi connectivity index (χ0) is 94.8. The summed E-state index contributed by atoms with van der Waals surface area (Å²) in [4.78, 5) is 73.8. The number of hydrogen-bond donors (Lipinski definition) is 5. The van der Waals surface area contributed by atoms with Gasteiger partial charge in [0, 0.05) is 157 Å². The number of rotatable bonds is 30. The van der Waals surface area contributed by atoms with Gasteiger partial charge < -0.3 is 73.6 Å². The van der Waals surface area contributed by atoms with Crippen molar-refractivity contribution in [3.8, 4) is 34.5 Å². The quantitative estimate of drug-likeness (QED) is 0.0264. The minimum absolute atomic E-state index is 0.0284. The second kappa shape index (κ2) is 53.0. The van der Waals surface area contributed by atoms with Crippen molar-refractivity contribution in [1.82, 2.24) is 15.5 Å². The summed E-state index contributed by atoms with van der Waals surface area (Å²) >= 11 is 0. The predicted octanol–water partition coefficient (Wildman–Crippen LogP) is 24.7. The highest BCUT2D eigenvalue weighted by molar-refractivity contribution is 5.89. The van der Waals surface area contributed by atoms with Gasteiger partial charge in [-0.25, -0.2) is 24.0 Å². The number of carbonyl (C=O) groups is 5. The van der Waals surface area contributed by atoms with E-state index in [0.717, 1.165) is 172 Å². The van der Waals surface area contributed by atoms with Crippen molar-refractivity contribution in [3.05, 3.63) is 352 Å². The zero-order valence-corrected chi connectivity index (χ0v) is 79.5. The van der Waals surface area contributed by atoms with E-state index in [1.165, 1.54) is 110 Å². The van der Waals surface area contributed by atoms with Gasteiger partial charge in [-0.05, 0) is 193 Å². The molecule has 0 saturated carbocycles. The number of nitrogens with one attached hydrogen (secondary N) is 4. The molecule has 0 spiro atoms. The second-order valence-electron chi connectivity index (χ2n) is 35.0. The maximum Gasteiger partial charge on any atom is 0.417 e. The first-order chi connectivity index (χ1) is 66.6. The molecule has 22 nitrogen and oxygen atoms in total. The van der Waals surface area contributed by atoms with Gasteiger partial charge in [0.15, 0.2) is 0 Å². The largest absolute Gasteiger partial charge is 0.495 e. The number of ether oxygens (including phenoxy) is 6. The van der Waals surface area contributed by atoms with E-state index in [0.29, 0.717) is 59.0 Å². The fourth-order valence-corrected chi connectivity index (χ4v) is 17.4. The normalized spacial score (nSPS) is 13.1. The highest BCUT2D eigenvalue weighted by atomic mass is 16.6. The van der Waals surface area contributed by atoms with Crippen molar-refractivity contribution in [2.75, 3.05) is 102 Å². The van der Waals surface area contributed by atoms with Crippen molar-refractivity contribution in [1.29, 1.82) is 0 Å². The first-order valence-corrected chi connectivity index (χ1v) is 48.3. The number of fused-ring (bicyclic) bond motifs is 5. The van der Waals surface area contributed by atoms with Crippen LogP contribution in [-0.2, 0) is 71.4 Å². The summed E-state index contributed by atoms with van der Waals surface area (Å²) in [5.74, 6) is 3.46. The van der Waals surface area contributed by atoms with Crippen LogP contribution in [0.1, 0.15) is 165 Å². The fourth-order valence-electron chi connectivity index (χ4n) is 17.4. The van der Waals surface area contributed by atoms with Gasteiger partial charge in [0.2, 0.25) is 0 Å². The van der Waals surface area contributed by atoms with Crippen molar-refractivity contribution in [2.24, 2.45) is 0 Å². The van der Waals surface area contributed by atoms with Crippen LogP contribution in [0.25, 0.3) is 0 Å². The topological polar surface area (TPSA) is 229 Å². The van der Waals surface area contributed by atoms with E-state index < -0.39 is 12.2 Å². The van der Waals surface area contributed by atoms with E-state index in [-0.39, 0.29) is 24.9 Å². The van der Waals surface area contributed by atoms with E-state index in [4.69, 9.17) is 33.5 Å². The molecule has 17 rings (SSSR count). The molecule has 0 bridgehead atoms. The number of aryl methyl sites for hydroxylation is 5. The third-order valence-corrected chi connectivity index (χ3v) is 24.4. The Morgan fingerprint density at radius 3 is 0.912 bits per heavy atom. The van der Waals surface area contributed by atoms with Crippen LogP contribution in [0.3, 0.4) is 0 Å². The number of amides is 5. The van der Waals surface area contributed by atoms with Crippen molar-refractivity contribution >= 4 is 70.3 Å². The van der Waals surface area contributed by atoms with Crippen molar-refractivity contribution in [3.63, 3.8) is 0 Å². The molecule has 5 amide bonds. The molecule has 0 aliphatic carbocycles. The van der Waals surface area contributed by atoms with Gasteiger partial charge in [-0.15, -0.1) is 0 Å². The minimum Gasteiger partial charge on any atom is -0.495 e. The molecule has 12 aromatic rings. The van der Waals surface area contributed by atoms with Gasteiger partial charge in [0.05, 0.1) is 19.4 Å². The molecule has 0 aromatic heterocycles. The Morgan fingerprint density at radius 2 is 0.603 bits per heavy atom. The summed E-state index contributed by atoms with van der Waals surface area (Å²) < 4.78 is 32.8. The van der Waals surface area contributed by atoms with Gasteiger partial charge >= 0.3 is 30.5 Å². The molecule has 0 fully saturated rings. The Morgan fingerprint density at radius 1 is 0.316 bits per heavy atom. The number of benzene rings is 12. The van der Waals surface area contributed by atoms with Crippen LogP contribution in [0.5, 0.6) is 34.5 Å². The smallest absolute Gasteiger partial charge is 0.417 e. The van der Waals surface area contributed by atoms with Gasteiger partial charge in [0.25, 0.3) is 0 Å². The van der Waals surface area contributed by atoms with Crippen molar-refractivity contribution < 1.29 is 57.5 Å². The lowest BCUT2D eigenvalue weighted by molar-refractivity contribution is 0.172. The number of unbranched alkanes of at least 4 members (excludes halogenated alkanes) is 7. The first-order valence-electron chi connectivity index (χ1n) is 48.3. The SMILES string of the molecule is CCCCCCCNC(=O)Oc1ccc2c(c1)N(Cc1ccccc1)CCC2.CCCCCCNC(=O)Oc1ccc2c(c1)N(Cc1ccccc1)CCC2.CN(C)C(=O)Oc1ccc2c(c1)N(Cc1ccccc1)CCC2.COc1ccccc1NC(=O)Oc1ccc2c(c1)N(Cc1ccccc1)CCC2.O=C(Nc1ccc(CO)cc1)Oc1ccc2c(c1)N(Cc1ccccc1)CCC2. The van der Waals surface area contributed by atoms with E-state index in [1.807, 2.05) is 109 Å². The summed E-state index contributed by atoms with van der Waals surface area (Å²) in [6.07, 6.45) is 19.2. The van der Waals surface area contributed by atoms with E-state index in [1.54, 1.807) is 57.6 Å². The van der Waals surface area contributed by atoms with Crippen LogP contribution in [-0.4, -0.2) is 107 Å². The van der Waals surface area contributed by atoms with Crippen LogP contribution < -0.4 is 74.2 Å². The molecular formula is C114H132N10O12. The lowest BCUT2D eigenvalue weighted by Crippen LogP contribution is -2.30. The Hall–Kier alpha value is -14.3. The summed E-state index contributed by atoms with van der Waals surface area (Å²) in [7, 11) is 4.93. The van der Waals surface area contributed by atoms with Crippen LogP contribution >= 0.6 is 0 Å². The lowest BCUT2D eigenvalue weighted by atomic mass is 10.0. The number of nitrogens with zero attached hydrogens (tertiary/aromatic N) is 6. The van der Waals surface area contributed by atoms with Gasteiger partial charge in [-0.3, -0.25) is 10.6 Å². The molecule has 0 atom stereocenters. The average Bonchev–Trinajstić information content (AvgIpc) is 0.825. The highest BCUT2D eigenvalue weighted by Crippen LogP contribution is 2.39. The number of para-hydroxylation sites is 2. The molecule has 5 heterocycles. The van der Waals surface area contributed by atoms with Crippen LogP contribution in [0.2, 0.25) is 0 Å². The van der Waals surface area contributed by atoms with Crippen molar-refractivity contribution in [2.45, 2.75) is 175 Å². The van der Waals surface area contributed by atoms with Gasteiger partial charge in [-0.2, -0.15) is 0 Å². The maximum atomic E-state index is 12.4. The molecule has 0 unspecified atom stereocenters. The van der Waals surface area contributed by atoms with Gasteiger partial charge in [0.1, 0.15) is 34.5 Å². The first kappa shape index (κ1) is 99.2. The molecule has 5 aliphatic rings. The Labute approximate surface area is 802 Å². The Bertz CT molecular complexity index is 5740. The Balaban J connectivity index is 0.000000144. The summed E-state index contributed by atoms with van der Waals surface area (Å²) in [6.45, 7) is 15.0. The van der Waals surface area contributed by atoms with Gasteiger partial charge in [-0.1, -0.05) is 265 Å². The molecule has 5 N–H and O–H groups in total. The zero-order valence-electron chi connectivity index (χ0n) is 79.5. The Kier molecular flexibility index (Phi) is 38.7. The summed E-state index contributed by atoms with van der Waals surface area (Å²) in [6, 6.07) is 96.2. The number of aliphatic hydroxyl groups excluding tert-OH is 1. The molecular weight excluding hydrogens is 1700 g/mol. The summed E-state index contributed by atoms with van der Waals surface area (Å²) in [5, 5.41) is 20.3. The molecule has 710 valence electrons. The van der Waals surface area contributed by atoms with E-state index in [2.05, 4.69) is 205 Å².